The Morgan fingerprint density at radius 3 is 2.64 bits per heavy atom. The first-order chi connectivity index (χ1) is 15.6. The number of ether oxygens (including phenoxy) is 2. The Kier molecular flexibility index (Phi) is 6.47. The van der Waals surface area contributed by atoms with Crippen molar-refractivity contribution in [1.82, 2.24) is 0 Å². The Bertz CT molecular complexity index is 1280. The smallest absolute Gasteiger partial charge is 0.306 e. The average Bonchev–Trinajstić information content (AvgIpc) is 2.71. The number of carboxylic acid groups (broad SMARTS) is 1. The van der Waals surface area contributed by atoms with Crippen LogP contribution in [0.5, 0.6) is 11.5 Å². The minimum absolute atomic E-state index is 0.200. The van der Waals surface area contributed by atoms with Crippen molar-refractivity contribution in [3.8, 4) is 22.8 Å². The lowest BCUT2D eigenvalue weighted by Gasteiger charge is -2.43. The monoisotopic (exact) mass is 534 g/mol. The highest BCUT2D eigenvalue weighted by atomic mass is 79.9. The van der Waals surface area contributed by atoms with Gasteiger partial charge in [0.1, 0.15) is 17.3 Å². The lowest BCUT2D eigenvalue weighted by Crippen LogP contribution is -2.42. The van der Waals surface area contributed by atoms with Crippen LogP contribution in [0.2, 0.25) is 5.02 Å². The molecule has 0 atom stereocenters. The summed E-state index contributed by atoms with van der Waals surface area (Å²) < 4.78 is 18.4. The number of hydrogen-bond acceptors (Lipinski definition) is 5. The highest BCUT2D eigenvalue weighted by Crippen LogP contribution is 2.46. The Balaban J connectivity index is 1.65. The second-order valence-electron chi connectivity index (χ2n) is 9.06. The molecule has 1 N–H and O–H groups in total. The molecule has 0 aliphatic heterocycles. The zero-order chi connectivity index (χ0) is 23.9. The Morgan fingerprint density at radius 1 is 1.24 bits per heavy atom. The number of halogens is 2. The molecule has 0 radical (unpaired) electrons. The van der Waals surface area contributed by atoms with Crippen LogP contribution in [0.4, 0.5) is 0 Å². The van der Waals surface area contributed by atoms with Crippen molar-refractivity contribution in [2.24, 2.45) is 17.3 Å². The number of rotatable bonds is 7. The van der Waals surface area contributed by atoms with Crippen LogP contribution in [0.3, 0.4) is 0 Å². The van der Waals surface area contributed by atoms with E-state index in [-0.39, 0.29) is 22.7 Å². The number of carbonyl (C=O) groups is 1. The van der Waals surface area contributed by atoms with E-state index in [4.69, 9.17) is 30.6 Å². The molecule has 3 aromatic rings. The van der Waals surface area contributed by atoms with Crippen LogP contribution < -0.4 is 14.9 Å². The van der Waals surface area contributed by atoms with Crippen molar-refractivity contribution in [1.29, 1.82) is 0 Å². The van der Waals surface area contributed by atoms with Crippen molar-refractivity contribution in [2.45, 2.75) is 26.7 Å². The van der Waals surface area contributed by atoms with Gasteiger partial charge in [-0.25, -0.2) is 0 Å². The summed E-state index contributed by atoms with van der Waals surface area (Å²) in [4.78, 5) is 23.8. The molecule has 1 aliphatic carbocycles. The zero-order valence-electron chi connectivity index (χ0n) is 18.5. The third kappa shape index (κ3) is 4.62. The first-order valence-electron chi connectivity index (χ1n) is 10.6. The lowest BCUT2D eigenvalue weighted by molar-refractivity contribution is -0.148. The van der Waals surface area contributed by atoms with E-state index < -0.39 is 5.97 Å². The quantitative estimate of drug-likeness (QED) is 0.377. The predicted molar refractivity (Wildman–Crippen MR) is 130 cm³/mol. The van der Waals surface area contributed by atoms with E-state index in [9.17, 15) is 9.59 Å². The minimum atomic E-state index is -0.734. The molecule has 1 aliphatic rings. The number of fused-ring (bicyclic) bond motifs is 1. The van der Waals surface area contributed by atoms with Crippen LogP contribution in [0, 0.1) is 17.3 Å². The summed E-state index contributed by atoms with van der Waals surface area (Å²) in [7, 11) is 1.54. The summed E-state index contributed by atoms with van der Waals surface area (Å²) in [6, 6.07) is 9.98. The average molecular weight is 536 g/mol. The molecule has 0 unspecified atom stereocenters. The molecule has 0 bridgehead atoms. The highest BCUT2D eigenvalue weighted by molar-refractivity contribution is 9.10. The van der Waals surface area contributed by atoms with Gasteiger partial charge in [-0.2, -0.15) is 0 Å². The minimum Gasteiger partial charge on any atom is -0.496 e. The summed E-state index contributed by atoms with van der Waals surface area (Å²) >= 11 is 9.79. The number of para-hydroxylation sites is 1. The third-order valence-electron chi connectivity index (χ3n) is 6.42. The highest BCUT2D eigenvalue weighted by Gasteiger charge is 2.43. The van der Waals surface area contributed by atoms with E-state index >= 15 is 0 Å². The first-order valence-corrected chi connectivity index (χ1v) is 11.7. The van der Waals surface area contributed by atoms with E-state index in [1.807, 2.05) is 0 Å². The third-order valence-corrected chi connectivity index (χ3v) is 7.34. The number of methoxy groups -OCH3 is 1. The van der Waals surface area contributed by atoms with Gasteiger partial charge in [0.25, 0.3) is 0 Å². The number of hydrogen-bond donors (Lipinski definition) is 1. The van der Waals surface area contributed by atoms with Crippen LogP contribution in [0.15, 0.2) is 50.1 Å². The number of benzene rings is 2. The summed E-state index contributed by atoms with van der Waals surface area (Å²) in [5.41, 5.74) is 0.463. The van der Waals surface area contributed by atoms with Gasteiger partial charge in [-0.1, -0.05) is 31.5 Å². The van der Waals surface area contributed by atoms with Crippen molar-refractivity contribution >= 4 is 44.5 Å². The number of aliphatic carboxylic acids is 1. The van der Waals surface area contributed by atoms with Crippen LogP contribution in [0.1, 0.15) is 26.7 Å². The molecule has 2 aromatic carbocycles. The fourth-order valence-electron chi connectivity index (χ4n) is 4.12. The largest absolute Gasteiger partial charge is 0.496 e. The second kappa shape index (κ2) is 9.03. The van der Waals surface area contributed by atoms with Crippen LogP contribution in [0.25, 0.3) is 22.3 Å². The molecule has 0 amide bonds. The van der Waals surface area contributed by atoms with Gasteiger partial charge in [0.2, 0.25) is 0 Å². The topological polar surface area (TPSA) is 86.0 Å². The number of carboxylic acids is 1. The molecule has 1 saturated carbocycles. The van der Waals surface area contributed by atoms with Gasteiger partial charge < -0.3 is 19.0 Å². The van der Waals surface area contributed by atoms with Gasteiger partial charge in [-0.15, -0.1) is 0 Å². The van der Waals surface area contributed by atoms with E-state index in [0.717, 1.165) is 0 Å². The van der Waals surface area contributed by atoms with Crippen LogP contribution >= 0.6 is 27.5 Å². The standard InChI is InChI=1S/C25H24BrClO6/c1-25(2,14-7-13(8-14)24(29)30)12-32-22-9-16(20(31-3)10-17(22)26)21-11-19(28)15-5-4-6-18(27)23(15)33-21/h4-6,9-11,13-14H,7-8,12H2,1-3H3,(H,29,30). The molecule has 174 valence electrons. The molecular formula is C25H24BrClO6. The summed E-state index contributed by atoms with van der Waals surface area (Å²) in [6.07, 6.45) is 1.31. The molecule has 1 aromatic heterocycles. The van der Waals surface area contributed by atoms with Crippen LogP contribution in [-0.2, 0) is 4.79 Å². The normalized spacial score (nSPS) is 18.1. The second-order valence-corrected chi connectivity index (χ2v) is 10.3. The molecule has 8 heteroatoms. The maximum atomic E-state index is 12.7. The summed E-state index contributed by atoms with van der Waals surface area (Å²) in [5, 5.41) is 9.91. The van der Waals surface area contributed by atoms with Crippen molar-refractivity contribution in [3.05, 3.63) is 56.1 Å². The molecule has 1 fully saturated rings. The molecule has 1 heterocycles. The molecule has 4 rings (SSSR count). The fraction of sp³-hybridized carbons (Fsp3) is 0.360. The van der Waals surface area contributed by atoms with E-state index in [1.165, 1.54) is 13.2 Å². The molecule has 0 saturated heterocycles. The van der Waals surface area contributed by atoms with E-state index in [1.54, 1.807) is 30.3 Å². The SMILES string of the molecule is COc1cc(Br)c(OCC(C)(C)C2CC(C(=O)O)C2)cc1-c1cc(=O)c2cccc(Cl)c2o1. The first kappa shape index (κ1) is 23.6. The maximum Gasteiger partial charge on any atom is 0.306 e. The van der Waals surface area contributed by atoms with Crippen molar-refractivity contribution < 1.29 is 23.8 Å². The molecular weight excluding hydrogens is 512 g/mol. The molecule has 0 spiro atoms. The fourth-order valence-corrected chi connectivity index (χ4v) is 4.77. The maximum absolute atomic E-state index is 12.7. The lowest BCUT2D eigenvalue weighted by atomic mass is 9.62. The van der Waals surface area contributed by atoms with Gasteiger partial charge in [0.15, 0.2) is 11.0 Å². The Labute approximate surface area is 204 Å². The molecule has 33 heavy (non-hydrogen) atoms. The van der Waals surface area contributed by atoms with Gasteiger partial charge >= 0.3 is 5.97 Å². The Morgan fingerprint density at radius 2 is 1.97 bits per heavy atom. The van der Waals surface area contributed by atoms with Crippen molar-refractivity contribution in [3.63, 3.8) is 0 Å². The van der Waals surface area contributed by atoms with Gasteiger partial charge in [-0.3, -0.25) is 9.59 Å². The van der Waals surface area contributed by atoms with Crippen LogP contribution in [-0.4, -0.2) is 24.8 Å². The Hall–Kier alpha value is -2.51. The zero-order valence-corrected chi connectivity index (χ0v) is 20.8. The van der Waals surface area contributed by atoms with E-state index in [0.29, 0.717) is 62.7 Å². The van der Waals surface area contributed by atoms with Gasteiger partial charge in [0, 0.05) is 11.5 Å². The predicted octanol–water partition coefficient (Wildman–Crippen LogP) is 6.40. The summed E-state index contributed by atoms with van der Waals surface area (Å²) in [5.74, 6) is 0.660. The van der Waals surface area contributed by atoms with Gasteiger partial charge in [-0.05, 0) is 59.0 Å². The van der Waals surface area contributed by atoms with Gasteiger partial charge in [0.05, 0.1) is 40.1 Å². The van der Waals surface area contributed by atoms with E-state index in [2.05, 4.69) is 29.8 Å². The molecule has 6 nitrogen and oxygen atoms in total. The summed E-state index contributed by atoms with van der Waals surface area (Å²) in [6.45, 7) is 4.57. The van der Waals surface area contributed by atoms with Crippen molar-refractivity contribution in [2.75, 3.05) is 13.7 Å².